The maximum absolute atomic E-state index is 11.6. The number of hydrogen-bond donors (Lipinski definition) is 4. The largest absolute Gasteiger partial charge is 0.479 e. The number of aryl methyl sites for hydroxylation is 1. The molecule has 4 N–H and O–H groups in total. The number of nitrogens with one attached hydrogen (secondary N) is 1. The van der Waals surface area contributed by atoms with E-state index in [0.29, 0.717) is 22.5 Å². The second-order valence-electron chi connectivity index (χ2n) is 7.68. The van der Waals surface area contributed by atoms with Gasteiger partial charge in [-0.2, -0.15) is 5.06 Å². The van der Waals surface area contributed by atoms with Gasteiger partial charge in [-0.15, -0.1) is 11.3 Å². The molecular formula is C18H26ClN3O6S. The Kier molecular flexibility index (Phi) is 7.47. The quantitative estimate of drug-likeness (QED) is 0.395. The molecule has 0 bridgehead atoms. The Morgan fingerprint density at radius 3 is 2.62 bits per heavy atom. The first kappa shape index (κ1) is 22.4. The van der Waals surface area contributed by atoms with Crippen molar-refractivity contribution in [1.29, 1.82) is 0 Å². The van der Waals surface area contributed by atoms with E-state index in [0.717, 1.165) is 30.3 Å². The van der Waals surface area contributed by atoms with Gasteiger partial charge in [0.05, 0.1) is 16.4 Å². The minimum Gasteiger partial charge on any atom is -0.479 e. The fourth-order valence-electron chi connectivity index (χ4n) is 3.63. The number of aliphatic hydroxyl groups excluding tert-OH is 1. The number of carbonyl (C=O) groups is 2. The third-order valence-electron chi connectivity index (χ3n) is 5.28. The lowest BCUT2D eigenvalue weighted by molar-refractivity contribution is -0.254. The van der Waals surface area contributed by atoms with E-state index in [-0.39, 0.29) is 12.6 Å². The van der Waals surface area contributed by atoms with Gasteiger partial charge in [-0.1, -0.05) is 24.4 Å². The zero-order valence-electron chi connectivity index (χ0n) is 16.1. The first-order chi connectivity index (χ1) is 13.7. The Morgan fingerprint density at radius 1 is 1.34 bits per heavy atom. The lowest BCUT2D eigenvalue weighted by Crippen LogP contribution is -2.52. The molecule has 4 atom stereocenters. The van der Waals surface area contributed by atoms with Crippen LogP contribution in [0.5, 0.6) is 0 Å². The Morgan fingerprint density at radius 2 is 2.07 bits per heavy atom. The Balaban J connectivity index is 1.78. The van der Waals surface area contributed by atoms with E-state index >= 15 is 0 Å². The molecule has 1 saturated carbocycles. The number of carboxylic acid groups (broad SMARTS) is 2. The normalized spacial score (nSPS) is 24.4. The molecule has 2 aliphatic rings. The van der Waals surface area contributed by atoms with Gasteiger partial charge < -0.3 is 20.6 Å². The van der Waals surface area contributed by atoms with E-state index < -0.39 is 24.1 Å². The van der Waals surface area contributed by atoms with Crippen LogP contribution in [-0.2, 0) is 21.0 Å². The van der Waals surface area contributed by atoms with E-state index in [9.17, 15) is 19.8 Å². The predicted octanol–water partition coefficient (Wildman–Crippen LogP) is 1.66. The SMILES string of the molecule is Cc1nc(Cl)c(CN(OC(C(=O)O)C(O)C(=O)O)C2CCNC(CC3CC3)C2)s1. The third kappa shape index (κ3) is 6.09. The summed E-state index contributed by atoms with van der Waals surface area (Å²) in [6, 6.07) is 0.153. The van der Waals surface area contributed by atoms with Gasteiger partial charge in [0.15, 0.2) is 6.10 Å². The number of hydrogen-bond acceptors (Lipinski definition) is 8. The van der Waals surface area contributed by atoms with Crippen LogP contribution in [0.2, 0.25) is 5.15 Å². The van der Waals surface area contributed by atoms with Crippen LogP contribution in [0.25, 0.3) is 0 Å². The van der Waals surface area contributed by atoms with Crippen LogP contribution in [0.4, 0.5) is 0 Å². The summed E-state index contributed by atoms with van der Waals surface area (Å²) in [5.74, 6) is -2.46. The summed E-state index contributed by atoms with van der Waals surface area (Å²) in [4.78, 5) is 33.2. The summed E-state index contributed by atoms with van der Waals surface area (Å²) in [6.45, 7) is 2.73. The maximum Gasteiger partial charge on any atom is 0.338 e. The summed E-state index contributed by atoms with van der Waals surface area (Å²) in [6.07, 6.45) is 0.878. The maximum atomic E-state index is 11.6. The van der Waals surface area contributed by atoms with E-state index in [1.807, 2.05) is 6.92 Å². The summed E-state index contributed by atoms with van der Waals surface area (Å²) < 4.78 is 0. The van der Waals surface area contributed by atoms with Gasteiger partial charge in [-0.05, 0) is 38.6 Å². The van der Waals surface area contributed by atoms with Crippen molar-refractivity contribution in [2.75, 3.05) is 6.54 Å². The molecule has 0 amide bonds. The minimum absolute atomic E-state index is 0.138. The summed E-state index contributed by atoms with van der Waals surface area (Å²) in [5, 5.41) is 34.4. The Labute approximate surface area is 177 Å². The van der Waals surface area contributed by atoms with Crippen LogP contribution in [-0.4, -0.2) is 68.1 Å². The Hall–Kier alpha value is -1.30. The number of aliphatic carboxylic acids is 2. The van der Waals surface area contributed by atoms with Crippen molar-refractivity contribution in [1.82, 2.24) is 15.4 Å². The minimum atomic E-state index is -2.18. The molecule has 0 spiro atoms. The van der Waals surface area contributed by atoms with Crippen LogP contribution in [0.1, 0.15) is 42.0 Å². The molecule has 0 aromatic carbocycles. The van der Waals surface area contributed by atoms with E-state index in [4.69, 9.17) is 21.5 Å². The van der Waals surface area contributed by atoms with Crippen molar-refractivity contribution >= 4 is 34.9 Å². The molecule has 29 heavy (non-hydrogen) atoms. The third-order valence-corrected chi connectivity index (χ3v) is 6.66. The highest BCUT2D eigenvalue weighted by molar-refractivity contribution is 7.12. The van der Waals surface area contributed by atoms with Crippen molar-refractivity contribution in [3.63, 3.8) is 0 Å². The van der Waals surface area contributed by atoms with Crippen molar-refractivity contribution in [3.05, 3.63) is 15.0 Å². The molecule has 2 fully saturated rings. The van der Waals surface area contributed by atoms with Crippen LogP contribution >= 0.6 is 22.9 Å². The molecule has 1 aliphatic heterocycles. The molecule has 2 heterocycles. The predicted molar refractivity (Wildman–Crippen MR) is 106 cm³/mol. The number of aliphatic hydroxyl groups is 1. The molecule has 1 saturated heterocycles. The van der Waals surface area contributed by atoms with Gasteiger partial charge in [0.25, 0.3) is 0 Å². The van der Waals surface area contributed by atoms with Gasteiger partial charge in [0, 0.05) is 12.1 Å². The highest BCUT2D eigenvalue weighted by Crippen LogP contribution is 2.36. The fraction of sp³-hybridized carbons (Fsp3) is 0.722. The lowest BCUT2D eigenvalue weighted by atomic mass is 9.95. The van der Waals surface area contributed by atoms with Gasteiger partial charge in [-0.3, -0.25) is 4.84 Å². The zero-order chi connectivity index (χ0) is 21.1. The van der Waals surface area contributed by atoms with Gasteiger partial charge in [-0.25, -0.2) is 14.6 Å². The number of thiazole rings is 1. The lowest BCUT2D eigenvalue weighted by Gasteiger charge is -2.38. The summed E-state index contributed by atoms with van der Waals surface area (Å²) in [7, 11) is 0. The number of nitrogens with zero attached hydrogens (tertiary/aromatic N) is 2. The summed E-state index contributed by atoms with van der Waals surface area (Å²) >= 11 is 7.56. The van der Waals surface area contributed by atoms with Crippen LogP contribution in [0.15, 0.2) is 0 Å². The first-order valence-corrected chi connectivity index (χ1v) is 10.9. The zero-order valence-corrected chi connectivity index (χ0v) is 17.7. The van der Waals surface area contributed by atoms with Gasteiger partial charge in [0.2, 0.25) is 6.10 Å². The number of carboxylic acids is 2. The molecule has 1 aromatic rings. The topological polar surface area (TPSA) is 132 Å². The van der Waals surface area contributed by atoms with Crippen molar-refractivity contribution in [2.45, 2.75) is 69.9 Å². The molecule has 1 aromatic heterocycles. The molecular weight excluding hydrogens is 422 g/mol. The molecule has 9 nitrogen and oxygen atoms in total. The fourth-order valence-corrected chi connectivity index (χ4v) is 4.80. The molecule has 162 valence electrons. The number of piperidine rings is 1. The van der Waals surface area contributed by atoms with Crippen LogP contribution in [0, 0.1) is 12.8 Å². The highest BCUT2D eigenvalue weighted by Gasteiger charge is 2.39. The highest BCUT2D eigenvalue weighted by atomic mass is 35.5. The monoisotopic (exact) mass is 447 g/mol. The number of hydroxylamine groups is 2. The van der Waals surface area contributed by atoms with E-state index in [1.165, 1.54) is 29.2 Å². The number of rotatable bonds is 10. The van der Waals surface area contributed by atoms with Crippen molar-refractivity contribution in [3.8, 4) is 0 Å². The summed E-state index contributed by atoms with van der Waals surface area (Å²) in [5.41, 5.74) is 0. The van der Waals surface area contributed by atoms with Crippen molar-refractivity contribution in [2.24, 2.45) is 5.92 Å². The van der Waals surface area contributed by atoms with Crippen molar-refractivity contribution < 1.29 is 29.7 Å². The molecule has 3 rings (SSSR count). The molecule has 4 unspecified atom stereocenters. The van der Waals surface area contributed by atoms with Crippen LogP contribution < -0.4 is 5.32 Å². The molecule has 1 aliphatic carbocycles. The van der Waals surface area contributed by atoms with Gasteiger partial charge in [0.1, 0.15) is 5.15 Å². The van der Waals surface area contributed by atoms with Crippen LogP contribution in [0.3, 0.4) is 0 Å². The first-order valence-electron chi connectivity index (χ1n) is 9.67. The molecule has 11 heteroatoms. The Bertz CT molecular complexity index is 743. The number of aromatic nitrogens is 1. The number of halogens is 1. The smallest absolute Gasteiger partial charge is 0.338 e. The average molecular weight is 448 g/mol. The second-order valence-corrected chi connectivity index (χ2v) is 9.32. The van der Waals surface area contributed by atoms with E-state index in [2.05, 4.69) is 10.3 Å². The molecule has 0 radical (unpaired) electrons. The van der Waals surface area contributed by atoms with E-state index in [1.54, 1.807) is 0 Å². The second kappa shape index (κ2) is 9.67. The van der Waals surface area contributed by atoms with Gasteiger partial charge >= 0.3 is 11.9 Å². The standard InChI is InChI=1S/C18H26ClN3O6S/c1-9-21-16(19)13(29-9)8-22(28-15(18(26)27)14(23)17(24)25)12-4-5-20-11(7-12)6-10-2-3-10/h10-12,14-15,20,23H,2-8H2,1H3,(H,24,25)(H,26,27). The average Bonchev–Trinajstić information content (AvgIpc) is 3.41.